The molecular formula is C13H18N4O4. The number of para-hydroxylation sites is 1. The van der Waals surface area contributed by atoms with Gasteiger partial charge in [-0.05, 0) is 19.1 Å². The van der Waals surface area contributed by atoms with Crippen LogP contribution in [0, 0.1) is 0 Å². The molecule has 0 unspecified atom stereocenters. The summed E-state index contributed by atoms with van der Waals surface area (Å²) in [5.41, 5.74) is 16.3. The molecule has 0 fully saturated rings. The molecule has 114 valence electrons. The largest absolute Gasteiger partial charge is 0.491 e. The Labute approximate surface area is 121 Å². The first-order chi connectivity index (χ1) is 9.86. The van der Waals surface area contributed by atoms with Crippen molar-refractivity contribution in [2.24, 2.45) is 11.5 Å². The van der Waals surface area contributed by atoms with Gasteiger partial charge in [0.05, 0.1) is 17.9 Å². The van der Waals surface area contributed by atoms with E-state index in [0.29, 0.717) is 6.61 Å². The molecule has 8 nitrogen and oxygen atoms in total. The van der Waals surface area contributed by atoms with Crippen molar-refractivity contribution in [1.29, 1.82) is 0 Å². The molecule has 0 aromatic heterocycles. The predicted octanol–water partition coefficient (Wildman–Crippen LogP) is -0.920. The minimum absolute atomic E-state index is 0.138. The molecule has 1 rings (SSSR count). The van der Waals surface area contributed by atoms with Gasteiger partial charge in [-0.25, -0.2) is 0 Å². The molecule has 0 atom stereocenters. The second kappa shape index (κ2) is 7.13. The third-order valence-corrected chi connectivity index (χ3v) is 2.55. The molecule has 8 heteroatoms. The van der Waals surface area contributed by atoms with Crippen LogP contribution in [-0.4, -0.2) is 42.3 Å². The highest BCUT2D eigenvalue weighted by atomic mass is 16.5. The molecule has 0 aliphatic rings. The lowest BCUT2D eigenvalue weighted by molar-refractivity contribution is -0.121. The number of nitrogens with two attached hydrogens (primary N) is 3. The van der Waals surface area contributed by atoms with Crippen LogP contribution in [-0.2, 0) is 9.59 Å². The van der Waals surface area contributed by atoms with Gasteiger partial charge >= 0.3 is 0 Å². The molecule has 0 saturated heterocycles. The summed E-state index contributed by atoms with van der Waals surface area (Å²) in [4.78, 5) is 35.4. The summed E-state index contributed by atoms with van der Waals surface area (Å²) in [6, 6.07) is 4.63. The smallest absolute Gasteiger partial charge is 0.258 e. The van der Waals surface area contributed by atoms with E-state index in [9.17, 15) is 14.4 Å². The van der Waals surface area contributed by atoms with Crippen molar-refractivity contribution in [3.8, 4) is 5.75 Å². The number of nitrogens with zero attached hydrogens (tertiary/aromatic N) is 1. The molecular weight excluding hydrogens is 276 g/mol. The molecule has 21 heavy (non-hydrogen) atoms. The van der Waals surface area contributed by atoms with Crippen LogP contribution >= 0.6 is 0 Å². The van der Waals surface area contributed by atoms with Gasteiger partial charge in [0.2, 0.25) is 11.8 Å². The first kappa shape index (κ1) is 16.3. The van der Waals surface area contributed by atoms with Gasteiger partial charge in [-0.15, -0.1) is 0 Å². The summed E-state index contributed by atoms with van der Waals surface area (Å²) in [5, 5.41) is 0. The summed E-state index contributed by atoms with van der Waals surface area (Å²) in [5.74, 6) is -1.93. The number of nitrogen functional groups attached to an aromatic ring is 1. The van der Waals surface area contributed by atoms with Crippen LogP contribution in [0.3, 0.4) is 0 Å². The lowest BCUT2D eigenvalue weighted by Gasteiger charge is -2.21. The van der Waals surface area contributed by atoms with E-state index in [-0.39, 0.29) is 17.0 Å². The highest BCUT2D eigenvalue weighted by Gasteiger charge is 2.23. The van der Waals surface area contributed by atoms with E-state index >= 15 is 0 Å². The van der Waals surface area contributed by atoms with Crippen molar-refractivity contribution in [3.63, 3.8) is 0 Å². The lowest BCUT2D eigenvalue weighted by Crippen LogP contribution is -2.43. The quantitative estimate of drug-likeness (QED) is 0.557. The maximum Gasteiger partial charge on any atom is 0.258 e. The Hall–Kier alpha value is -2.77. The first-order valence-electron chi connectivity index (χ1n) is 6.24. The van der Waals surface area contributed by atoms with E-state index in [1.54, 1.807) is 19.1 Å². The first-order valence-corrected chi connectivity index (χ1v) is 6.24. The zero-order valence-corrected chi connectivity index (χ0v) is 11.7. The number of carbonyl (C=O) groups is 3. The Balaban J connectivity index is 3.16. The lowest BCUT2D eigenvalue weighted by atomic mass is 10.1. The molecule has 1 aromatic carbocycles. The van der Waals surface area contributed by atoms with E-state index in [0.717, 1.165) is 4.90 Å². The number of primary amides is 2. The Morgan fingerprint density at radius 2 is 1.71 bits per heavy atom. The molecule has 3 amide bonds. The fourth-order valence-electron chi connectivity index (χ4n) is 1.77. The molecule has 0 spiro atoms. The number of anilines is 1. The molecule has 0 radical (unpaired) electrons. The second-order valence-electron chi connectivity index (χ2n) is 4.25. The van der Waals surface area contributed by atoms with Crippen molar-refractivity contribution in [3.05, 3.63) is 23.8 Å². The van der Waals surface area contributed by atoms with Gasteiger partial charge < -0.3 is 26.8 Å². The van der Waals surface area contributed by atoms with Crippen LogP contribution in [0.2, 0.25) is 0 Å². The summed E-state index contributed by atoms with van der Waals surface area (Å²) >= 11 is 0. The average molecular weight is 294 g/mol. The van der Waals surface area contributed by atoms with Crippen molar-refractivity contribution in [1.82, 2.24) is 4.90 Å². The highest BCUT2D eigenvalue weighted by molar-refractivity contribution is 6.01. The molecule has 0 bridgehead atoms. The fourth-order valence-corrected chi connectivity index (χ4v) is 1.77. The van der Waals surface area contributed by atoms with Gasteiger partial charge in [0.15, 0.2) is 5.75 Å². The normalized spacial score (nSPS) is 9.95. The van der Waals surface area contributed by atoms with Crippen LogP contribution in [0.25, 0.3) is 0 Å². The van der Waals surface area contributed by atoms with Crippen LogP contribution in [0.15, 0.2) is 18.2 Å². The van der Waals surface area contributed by atoms with E-state index in [1.165, 1.54) is 6.07 Å². The topological polar surface area (TPSA) is 142 Å². The minimum Gasteiger partial charge on any atom is -0.491 e. The Kier molecular flexibility index (Phi) is 5.53. The average Bonchev–Trinajstić information content (AvgIpc) is 2.38. The van der Waals surface area contributed by atoms with Crippen LogP contribution in [0.4, 0.5) is 5.69 Å². The zero-order chi connectivity index (χ0) is 16.0. The number of ether oxygens (including phenoxy) is 1. The van der Waals surface area contributed by atoms with Crippen LogP contribution in [0.5, 0.6) is 5.75 Å². The Bertz CT molecular complexity index is 543. The van der Waals surface area contributed by atoms with Gasteiger partial charge in [0.1, 0.15) is 13.1 Å². The van der Waals surface area contributed by atoms with Crippen molar-refractivity contribution in [2.45, 2.75) is 6.92 Å². The third-order valence-electron chi connectivity index (χ3n) is 2.55. The van der Waals surface area contributed by atoms with Gasteiger partial charge in [0, 0.05) is 0 Å². The van der Waals surface area contributed by atoms with Gasteiger partial charge in [-0.3, -0.25) is 14.4 Å². The number of hydrogen-bond donors (Lipinski definition) is 3. The fraction of sp³-hybridized carbons (Fsp3) is 0.308. The molecule has 1 aromatic rings. The maximum atomic E-state index is 12.4. The molecule has 0 saturated carbocycles. The maximum absolute atomic E-state index is 12.4. The summed E-state index contributed by atoms with van der Waals surface area (Å²) < 4.78 is 5.34. The standard InChI is InChI=1S/C13H18N4O4/c1-2-21-12-8(4-3-5-9(12)14)13(20)17(6-10(15)18)7-11(16)19/h3-5H,2,6-7,14H2,1H3,(H2,15,18)(H2,16,19). The molecule has 0 aliphatic carbocycles. The van der Waals surface area contributed by atoms with E-state index in [4.69, 9.17) is 21.9 Å². The third kappa shape index (κ3) is 4.37. The number of hydrogen-bond acceptors (Lipinski definition) is 5. The monoisotopic (exact) mass is 294 g/mol. The Morgan fingerprint density at radius 3 is 2.19 bits per heavy atom. The Morgan fingerprint density at radius 1 is 1.14 bits per heavy atom. The number of rotatable bonds is 7. The minimum atomic E-state index is -0.758. The van der Waals surface area contributed by atoms with E-state index < -0.39 is 30.8 Å². The van der Waals surface area contributed by atoms with Crippen LogP contribution < -0.4 is 21.9 Å². The highest BCUT2D eigenvalue weighted by Crippen LogP contribution is 2.27. The van der Waals surface area contributed by atoms with Crippen LogP contribution in [0.1, 0.15) is 17.3 Å². The van der Waals surface area contributed by atoms with Gasteiger partial charge in [0.25, 0.3) is 5.91 Å². The van der Waals surface area contributed by atoms with Crippen molar-refractivity contribution >= 4 is 23.4 Å². The van der Waals surface area contributed by atoms with Crippen molar-refractivity contribution < 1.29 is 19.1 Å². The summed E-state index contributed by atoms with van der Waals surface area (Å²) in [7, 11) is 0. The SMILES string of the molecule is CCOc1c(N)cccc1C(=O)N(CC(N)=O)CC(N)=O. The van der Waals surface area contributed by atoms with E-state index in [1.807, 2.05) is 0 Å². The van der Waals surface area contributed by atoms with Gasteiger partial charge in [-0.1, -0.05) is 6.07 Å². The number of amides is 3. The van der Waals surface area contributed by atoms with Gasteiger partial charge in [-0.2, -0.15) is 0 Å². The predicted molar refractivity (Wildman–Crippen MR) is 76.3 cm³/mol. The van der Waals surface area contributed by atoms with E-state index in [2.05, 4.69) is 0 Å². The second-order valence-corrected chi connectivity index (χ2v) is 4.25. The molecule has 0 aliphatic heterocycles. The summed E-state index contributed by atoms with van der Waals surface area (Å²) in [6.07, 6.45) is 0. The zero-order valence-electron chi connectivity index (χ0n) is 11.7. The molecule has 0 heterocycles. The number of benzene rings is 1. The number of carbonyl (C=O) groups excluding carboxylic acids is 3. The van der Waals surface area contributed by atoms with Crippen molar-refractivity contribution in [2.75, 3.05) is 25.4 Å². The molecule has 6 N–H and O–H groups in total. The summed E-state index contributed by atoms with van der Waals surface area (Å²) in [6.45, 7) is 1.19.